The monoisotopic (exact) mass is 391 g/mol. The van der Waals surface area contributed by atoms with Crippen LogP contribution < -0.4 is 0 Å². The van der Waals surface area contributed by atoms with Gasteiger partial charge in [0.05, 0.1) is 12.0 Å². The van der Waals surface area contributed by atoms with E-state index in [2.05, 4.69) is 20.8 Å². The van der Waals surface area contributed by atoms with Crippen LogP contribution in [0.5, 0.6) is 0 Å². The van der Waals surface area contributed by atoms with Crippen LogP contribution in [0.15, 0.2) is 24.3 Å². The van der Waals surface area contributed by atoms with Crippen molar-refractivity contribution in [2.24, 2.45) is 5.92 Å². The predicted molar refractivity (Wildman–Crippen MR) is 112 cm³/mol. The molecule has 1 aromatic rings. The number of ether oxygens (including phenoxy) is 1. The third kappa shape index (κ3) is 5.74. The van der Waals surface area contributed by atoms with Crippen LogP contribution in [0.4, 0.5) is 0 Å². The fraction of sp³-hybridized carbons (Fsp3) is 0.636. The molecule has 1 heterocycles. The standard InChI is InChI=1S/C22H33NO3S/c1-5-7-8-9-17-10-12-18(13-11-17)20(24)23-19(22(25)26-14-6-2)15-27-21(23)16(3)4/h10-13,16,19,21H,5-9,14-15H2,1-4H3/t19-,21+/m1/s1. The molecule has 0 saturated carbocycles. The number of hydrogen-bond acceptors (Lipinski definition) is 4. The van der Waals surface area contributed by atoms with Gasteiger partial charge in [-0.25, -0.2) is 4.79 Å². The van der Waals surface area contributed by atoms with E-state index in [4.69, 9.17) is 4.74 Å². The van der Waals surface area contributed by atoms with Crippen molar-refractivity contribution in [1.29, 1.82) is 0 Å². The molecule has 5 heteroatoms. The van der Waals surface area contributed by atoms with E-state index in [0.29, 0.717) is 17.9 Å². The summed E-state index contributed by atoms with van der Waals surface area (Å²) in [6.07, 6.45) is 5.43. The fourth-order valence-corrected chi connectivity index (χ4v) is 4.79. The number of thioether (sulfide) groups is 1. The molecule has 27 heavy (non-hydrogen) atoms. The van der Waals surface area contributed by atoms with Gasteiger partial charge in [0, 0.05) is 11.3 Å². The first kappa shape index (κ1) is 21.8. The maximum atomic E-state index is 13.2. The van der Waals surface area contributed by atoms with Crippen LogP contribution in [0.2, 0.25) is 0 Å². The molecular weight excluding hydrogens is 358 g/mol. The highest BCUT2D eigenvalue weighted by molar-refractivity contribution is 8.00. The highest BCUT2D eigenvalue weighted by Crippen LogP contribution is 2.35. The van der Waals surface area contributed by atoms with Crippen molar-refractivity contribution in [2.45, 2.75) is 71.2 Å². The van der Waals surface area contributed by atoms with Crippen LogP contribution in [-0.4, -0.2) is 40.6 Å². The number of amides is 1. The van der Waals surface area contributed by atoms with E-state index in [-0.39, 0.29) is 23.2 Å². The number of nitrogens with zero attached hydrogens (tertiary/aromatic N) is 1. The van der Waals surface area contributed by atoms with Crippen molar-refractivity contribution in [1.82, 2.24) is 4.90 Å². The highest BCUT2D eigenvalue weighted by atomic mass is 32.2. The van der Waals surface area contributed by atoms with Crippen molar-refractivity contribution in [3.63, 3.8) is 0 Å². The summed E-state index contributed by atoms with van der Waals surface area (Å²) in [5.74, 6) is 0.525. The topological polar surface area (TPSA) is 46.6 Å². The highest BCUT2D eigenvalue weighted by Gasteiger charge is 2.43. The Morgan fingerprint density at radius 1 is 1.15 bits per heavy atom. The first-order valence-corrected chi connectivity index (χ1v) is 11.2. The fourth-order valence-electron chi connectivity index (χ4n) is 3.32. The van der Waals surface area contributed by atoms with E-state index < -0.39 is 6.04 Å². The Bertz CT molecular complexity index is 614. The molecular formula is C22H33NO3S. The second kappa shape index (κ2) is 10.7. The smallest absolute Gasteiger partial charge is 0.329 e. The van der Waals surface area contributed by atoms with E-state index in [1.54, 1.807) is 16.7 Å². The summed E-state index contributed by atoms with van der Waals surface area (Å²) in [6, 6.07) is 7.39. The Balaban J connectivity index is 2.14. The largest absolute Gasteiger partial charge is 0.464 e. The van der Waals surface area contributed by atoms with Gasteiger partial charge in [0.25, 0.3) is 5.91 Å². The molecule has 0 unspecified atom stereocenters. The normalized spacial score (nSPS) is 19.5. The number of rotatable bonds is 9. The summed E-state index contributed by atoms with van der Waals surface area (Å²) in [7, 11) is 0. The zero-order valence-corrected chi connectivity index (χ0v) is 17.9. The summed E-state index contributed by atoms with van der Waals surface area (Å²) < 4.78 is 5.35. The van der Waals surface area contributed by atoms with Gasteiger partial charge in [-0.3, -0.25) is 4.79 Å². The zero-order chi connectivity index (χ0) is 19.8. The summed E-state index contributed by atoms with van der Waals surface area (Å²) in [5, 5.41) is 0.000840. The van der Waals surface area contributed by atoms with Gasteiger partial charge >= 0.3 is 5.97 Å². The van der Waals surface area contributed by atoms with E-state index in [9.17, 15) is 9.59 Å². The minimum atomic E-state index is -0.495. The zero-order valence-electron chi connectivity index (χ0n) is 17.1. The molecule has 1 aliphatic heterocycles. The molecule has 0 radical (unpaired) electrons. The second-order valence-corrected chi connectivity index (χ2v) is 8.67. The molecule has 0 N–H and O–H groups in total. The Labute approximate surface area is 168 Å². The summed E-state index contributed by atoms with van der Waals surface area (Å²) in [4.78, 5) is 27.5. The van der Waals surface area contributed by atoms with Gasteiger partial charge in [-0.1, -0.05) is 52.7 Å². The minimum Gasteiger partial charge on any atom is -0.464 e. The summed E-state index contributed by atoms with van der Waals surface area (Å²) in [5.41, 5.74) is 1.91. The Morgan fingerprint density at radius 2 is 1.85 bits per heavy atom. The number of aryl methyl sites for hydroxylation is 1. The van der Waals surface area contributed by atoms with Gasteiger partial charge in [-0.05, 0) is 42.9 Å². The first-order valence-electron chi connectivity index (χ1n) is 10.2. The maximum Gasteiger partial charge on any atom is 0.329 e. The number of hydrogen-bond donors (Lipinski definition) is 0. The van der Waals surface area contributed by atoms with Crippen molar-refractivity contribution in [2.75, 3.05) is 12.4 Å². The molecule has 1 amide bonds. The lowest BCUT2D eigenvalue weighted by Gasteiger charge is -2.30. The summed E-state index contributed by atoms with van der Waals surface area (Å²) in [6.45, 7) is 8.76. The average Bonchev–Trinajstić information content (AvgIpc) is 3.12. The van der Waals surface area contributed by atoms with Gasteiger partial charge in [-0.2, -0.15) is 0 Å². The number of carbonyl (C=O) groups excluding carboxylic acids is 2. The Hall–Kier alpha value is -1.49. The molecule has 2 atom stereocenters. The molecule has 0 aromatic heterocycles. The van der Waals surface area contributed by atoms with Crippen LogP contribution in [0.1, 0.15) is 69.3 Å². The van der Waals surface area contributed by atoms with Crippen LogP contribution in [0.3, 0.4) is 0 Å². The van der Waals surface area contributed by atoms with Crippen LogP contribution in [-0.2, 0) is 16.0 Å². The molecule has 4 nitrogen and oxygen atoms in total. The quantitative estimate of drug-likeness (QED) is 0.443. The van der Waals surface area contributed by atoms with E-state index in [1.165, 1.54) is 24.8 Å². The molecule has 0 bridgehead atoms. The number of unbranched alkanes of at least 4 members (excludes halogenated alkanes) is 2. The van der Waals surface area contributed by atoms with Crippen molar-refractivity contribution >= 4 is 23.6 Å². The lowest BCUT2D eigenvalue weighted by Crippen LogP contribution is -2.47. The molecule has 1 fully saturated rings. The number of benzene rings is 1. The van der Waals surface area contributed by atoms with Gasteiger partial charge in [-0.15, -0.1) is 11.8 Å². The van der Waals surface area contributed by atoms with Gasteiger partial charge in [0.15, 0.2) is 0 Å². The lowest BCUT2D eigenvalue weighted by atomic mass is 10.0. The Kier molecular flexibility index (Phi) is 8.68. The predicted octanol–water partition coefficient (Wildman–Crippen LogP) is 4.91. The number of carbonyl (C=O) groups is 2. The van der Waals surface area contributed by atoms with Crippen LogP contribution in [0.25, 0.3) is 0 Å². The molecule has 150 valence electrons. The van der Waals surface area contributed by atoms with Gasteiger partial charge in [0.2, 0.25) is 0 Å². The van der Waals surface area contributed by atoms with Crippen molar-refractivity contribution < 1.29 is 14.3 Å². The second-order valence-electron chi connectivity index (χ2n) is 7.52. The molecule has 0 aliphatic carbocycles. The molecule has 0 spiro atoms. The van der Waals surface area contributed by atoms with E-state index >= 15 is 0 Å². The SMILES string of the molecule is CCCCCc1ccc(C(=O)N2[C@@H](C(=O)OCCC)CS[C@H]2C(C)C)cc1. The lowest BCUT2D eigenvalue weighted by molar-refractivity contribution is -0.148. The average molecular weight is 392 g/mol. The maximum absolute atomic E-state index is 13.2. The third-order valence-corrected chi connectivity index (χ3v) is 6.45. The van der Waals surface area contributed by atoms with Crippen molar-refractivity contribution in [3.8, 4) is 0 Å². The van der Waals surface area contributed by atoms with Crippen LogP contribution in [0, 0.1) is 5.92 Å². The van der Waals surface area contributed by atoms with E-state index in [0.717, 1.165) is 12.8 Å². The van der Waals surface area contributed by atoms with Gasteiger partial charge in [0.1, 0.15) is 6.04 Å². The first-order chi connectivity index (χ1) is 13.0. The molecule has 1 saturated heterocycles. The third-order valence-electron chi connectivity index (χ3n) is 4.83. The van der Waals surface area contributed by atoms with Crippen LogP contribution >= 0.6 is 11.8 Å². The van der Waals surface area contributed by atoms with E-state index in [1.807, 2.05) is 31.2 Å². The van der Waals surface area contributed by atoms with Crippen molar-refractivity contribution in [3.05, 3.63) is 35.4 Å². The molecule has 1 aromatic carbocycles. The molecule has 1 aliphatic rings. The van der Waals surface area contributed by atoms with Gasteiger partial charge < -0.3 is 9.64 Å². The Morgan fingerprint density at radius 3 is 2.44 bits per heavy atom. The summed E-state index contributed by atoms with van der Waals surface area (Å²) >= 11 is 1.67. The minimum absolute atomic E-state index is 0.000840. The number of esters is 1. The molecule has 2 rings (SSSR count).